The number of likely N-dealkylation sites (tertiary alicyclic amines) is 1. The minimum absolute atomic E-state index is 0.0593. The van der Waals surface area contributed by atoms with Crippen LogP contribution in [-0.4, -0.2) is 59.5 Å². The summed E-state index contributed by atoms with van der Waals surface area (Å²) in [4.78, 5) is 27.6. The Kier molecular flexibility index (Phi) is 5.88. The van der Waals surface area contributed by atoms with E-state index in [1.54, 1.807) is 14.0 Å². The van der Waals surface area contributed by atoms with Gasteiger partial charge in [-0.15, -0.1) is 0 Å². The van der Waals surface area contributed by atoms with Gasteiger partial charge >= 0.3 is 0 Å². The number of carbonyl (C=O) groups is 2. The maximum Gasteiger partial charge on any atom is 0.256 e. The number of hydrogen-bond acceptors (Lipinski definition) is 3. The number of aliphatic hydroxyl groups excluding tert-OH is 1. The summed E-state index contributed by atoms with van der Waals surface area (Å²) in [5.41, 5.74) is -0.160. The van der Waals surface area contributed by atoms with E-state index in [1.165, 1.54) is 9.80 Å². The zero-order valence-electron chi connectivity index (χ0n) is 13.8. The van der Waals surface area contributed by atoms with Crippen LogP contribution in [0.25, 0.3) is 0 Å². The molecule has 0 radical (unpaired) electrons. The first kappa shape index (κ1) is 18.3. The van der Waals surface area contributed by atoms with Crippen LogP contribution in [0.4, 0.5) is 8.78 Å². The van der Waals surface area contributed by atoms with E-state index in [2.05, 4.69) is 0 Å². The zero-order chi connectivity index (χ0) is 17.9. The van der Waals surface area contributed by atoms with Crippen molar-refractivity contribution in [2.45, 2.75) is 25.9 Å². The number of likely N-dealkylation sites (N-methyl/N-ethyl adjacent to an activating group) is 1. The summed E-state index contributed by atoms with van der Waals surface area (Å²) >= 11 is 0. The molecule has 1 atom stereocenters. The molecule has 0 aromatic heterocycles. The van der Waals surface area contributed by atoms with E-state index in [9.17, 15) is 23.5 Å². The minimum Gasteiger partial charge on any atom is -0.392 e. The highest BCUT2D eigenvalue weighted by molar-refractivity contribution is 5.94. The first-order valence-corrected chi connectivity index (χ1v) is 7.97. The number of rotatable bonds is 4. The van der Waals surface area contributed by atoms with Gasteiger partial charge < -0.3 is 14.9 Å². The molecule has 24 heavy (non-hydrogen) atoms. The van der Waals surface area contributed by atoms with Crippen LogP contribution >= 0.6 is 0 Å². The van der Waals surface area contributed by atoms with Crippen LogP contribution in [0.15, 0.2) is 18.2 Å². The molecule has 5 nitrogen and oxygen atoms in total. The Morgan fingerprint density at radius 3 is 2.50 bits per heavy atom. The van der Waals surface area contributed by atoms with Crippen molar-refractivity contribution in [3.63, 3.8) is 0 Å². The number of amides is 2. The van der Waals surface area contributed by atoms with Gasteiger partial charge in [0.1, 0.15) is 11.6 Å². The fraction of sp³-hybridized carbons (Fsp3) is 0.529. The second kappa shape index (κ2) is 7.70. The molecule has 1 saturated heterocycles. The predicted octanol–water partition coefficient (Wildman–Crippen LogP) is 1.66. The Morgan fingerprint density at radius 1 is 1.33 bits per heavy atom. The quantitative estimate of drug-likeness (QED) is 0.907. The molecular weight excluding hydrogens is 318 g/mol. The van der Waals surface area contributed by atoms with Crippen LogP contribution in [0, 0.1) is 17.6 Å². The largest absolute Gasteiger partial charge is 0.392 e. The second-order valence-corrected chi connectivity index (χ2v) is 6.26. The fourth-order valence-corrected chi connectivity index (χ4v) is 2.96. The summed E-state index contributed by atoms with van der Waals surface area (Å²) in [6, 6.07) is 2.88. The molecule has 1 aromatic rings. The number of benzene rings is 1. The molecule has 1 aromatic carbocycles. The molecule has 0 spiro atoms. The summed E-state index contributed by atoms with van der Waals surface area (Å²) in [7, 11) is 1.64. The van der Waals surface area contributed by atoms with Crippen LogP contribution in [0.2, 0.25) is 0 Å². The van der Waals surface area contributed by atoms with Crippen molar-refractivity contribution in [2.24, 2.45) is 5.92 Å². The van der Waals surface area contributed by atoms with E-state index in [0.717, 1.165) is 12.1 Å². The maximum absolute atomic E-state index is 13.7. The number of aliphatic hydroxyl groups is 1. The molecule has 1 N–H and O–H groups in total. The van der Waals surface area contributed by atoms with Gasteiger partial charge in [-0.05, 0) is 31.9 Å². The van der Waals surface area contributed by atoms with E-state index in [1.807, 2.05) is 0 Å². The molecule has 0 aliphatic carbocycles. The SMILES string of the molecule is CC(O)CN(C)C(=O)C1CCN(C(=O)c2ccc(F)cc2F)CC1. The van der Waals surface area contributed by atoms with E-state index in [0.29, 0.717) is 32.0 Å². The van der Waals surface area contributed by atoms with Crippen molar-refractivity contribution in [1.29, 1.82) is 0 Å². The zero-order valence-corrected chi connectivity index (χ0v) is 13.8. The lowest BCUT2D eigenvalue weighted by Gasteiger charge is -2.33. The third kappa shape index (κ3) is 4.29. The van der Waals surface area contributed by atoms with Crippen molar-refractivity contribution in [2.75, 3.05) is 26.7 Å². The van der Waals surface area contributed by atoms with Crippen LogP contribution in [0.1, 0.15) is 30.1 Å². The van der Waals surface area contributed by atoms with E-state index < -0.39 is 23.6 Å². The Hall–Kier alpha value is -2.02. The first-order chi connectivity index (χ1) is 11.3. The van der Waals surface area contributed by atoms with Gasteiger partial charge in [0.05, 0.1) is 11.7 Å². The molecule has 1 fully saturated rings. The minimum atomic E-state index is -0.880. The van der Waals surface area contributed by atoms with Crippen molar-refractivity contribution in [1.82, 2.24) is 9.80 Å². The lowest BCUT2D eigenvalue weighted by molar-refractivity contribution is -0.136. The maximum atomic E-state index is 13.7. The van der Waals surface area contributed by atoms with Gasteiger partial charge in [0.15, 0.2) is 0 Å². The van der Waals surface area contributed by atoms with Gasteiger partial charge in [-0.25, -0.2) is 8.78 Å². The average Bonchev–Trinajstić information content (AvgIpc) is 2.53. The Morgan fingerprint density at radius 2 is 1.96 bits per heavy atom. The molecule has 1 aliphatic rings. The lowest BCUT2D eigenvalue weighted by Crippen LogP contribution is -2.44. The smallest absolute Gasteiger partial charge is 0.256 e. The van der Waals surface area contributed by atoms with Gasteiger partial charge in [0.25, 0.3) is 5.91 Å². The van der Waals surface area contributed by atoms with Gasteiger partial charge in [-0.1, -0.05) is 0 Å². The van der Waals surface area contributed by atoms with Crippen LogP contribution in [0.5, 0.6) is 0 Å². The highest BCUT2D eigenvalue weighted by atomic mass is 19.1. The van der Waals surface area contributed by atoms with Gasteiger partial charge in [-0.3, -0.25) is 9.59 Å². The highest BCUT2D eigenvalue weighted by Crippen LogP contribution is 2.22. The van der Waals surface area contributed by atoms with Gasteiger partial charge in [0.2, 0.25) is 5.91 Å². The molecule has 7 heteroatoms. The lowest BCUT2D eigenvalue weighted by atomic mass is 9.94. The molecule has 1 unspecified atom stereocenters. The Balaban J connectivity index is 1.94. The van der Waals surface area contributed by atoms with Crippen molar-refractivity contribution in [3.8, 4) is 0 Å². The molecule has 2 amide bonds. The molecule has 1 aliphatic heterocycles. The van der Waals surface area contributed by atoms with E-state index in [4.69, 9.17) is 0 Å². The van der Waals surface area contributed by atoms with Gasteiger partial charge in [-0.2, -0.15) is 0 Å². The third-order valence-electron chi connectivity index (χ3n) is 4.21. The number of nitrogens with zero attached hydrogens (tertiary/aromatic N) is 2. The van der Waals surface area contributed by atoms with Crippen molar-refractivity contribution in [3.05, 3.63) is 35.4 Å². The molecule has 0 bridgehead atoms. The highest BCUT2D eigenvalue weighted by Gasteiger charge is 2.30. The Labute approximate surface area is 139 Å². The first-order valence-electron chi connectivity index (χ1n) is 7.97. The molecule has 2 rings (SSSR count). The van der Waals surface area contributed by atoms with E-state index in [-0.39, 0.29) is 23.9 Å². The molecule has 0 saturated carbocycles. The topological polar surface area (TPSA) is 60.9 Å². The summed E-state index contributed by atoms with van der Waals surface area (Å²) in [6.45, 7) is 2.56. The number of carbonyl (C=O) groups excluding carboxylic acids is 2. The van der Waals surface area contributed by atoms with E-state index >= 15 is 0 Å². The summed E-state index contributed by atoms with van der Waals surface area (Å²) in [5.74, 6) is -2.37. The van der Waals surface area contributed by atoms with Crippen LogP contribution in [-0.2, 0) is 4.79 Å². The van der Waals surface area contributed by atoms with Gasteiger partial charge in [0, 0.05) is 38.7 Å². The standard InChI is InChI=1S/C17H22F2N2O3/c1-11(22)10-20(2)16(23)12-5-7-21(8-6-12)17(24)14-4-3-13(18)9-15(14)19/h3-4,9,11-12,22H,5-8,10H2,1-2H3. The van der Waals surface area contributed by atoms with Crippen LogP contribution < -0.4 is 0 Å². The summed E-state index contributed by atoms with van der Waals surface area (Å²) in [6.07, 6.45) is 0.372. The number of halogens is 2. The molecular formula is C17H22F2N2O3. The predicted molar refractivity (Wildman–Crippen MR) is 84.3 cm³/mol. The molecule has 1 heterocycles. The normalized spacial score (nSPS) is 16.8. The monoisotopic (exact) mass is 340 g/mol. The number of hydrogen-bond donors (Lipinski definition) is 1. The Bertz CT molecular complexity index is 614. The second-order valence-electron chi connectivity index (χ2n) is 6.26. The summed E-state index contributed by atoms with van der Waals surface area (Å²) in [5, 5.41) is 9.35. The van der Waals surface area contributed by atoms with Crippen LogP contribution in [0.3, 0.4) is 0 Å². The fourth-order valence-electron chi connectivity index (χ4n) is 2.96. The van der Waals surface area contributed by atoms with Crippen molar-refractivity contribution >= 4 is 11.8 Å². The van der Waals surface area contributed by atoms with Crippen molar-refractivity contribution < 1.29 is 23.5 Å². The average molecular weight is 340 g/mol. The third-order valence-corrected chi connectivity index (χ3v) is 4.21. The molecule has 132 valence electrons. The summed E-state index contributed by atoms with van der Waals surface area (Å²) < 4.78 is 26.7. The number of piperidine rings is 1.